The molecule has 4 rings (SSSR count). The minimum absolute atomic E-state index is 0.0445. The number of rotatable bonds is 9. The van der Waals surface area contributed by atoms with Crippen molar-refractivity contribution < 1.29 is 41.3 Å². The summed E-state index contributed by atoms with van der Waals surface area (Å²) in [5.41, 5.74) is -5.70. The van der Waals surface area contributed by atoms with E-state index >= 15 is 0 Å². The van der Waals surface area contributed by atoms with Crippen LogP contribution in [0, 0.1) is 0 Å². The van der Waals surface area contributed by atoms with Gasteiger partial charge >= 0.3 is 18.0 Å². The molecular weight excluding hydrogens is 546 g/mol. The lowest BCUT2D eigenvalue weighted by atomic mass is 9.89. The highest BCUT2D eigenvalue weighted by atomic mass is 19.4. The van der Waals surface area contributed by atoms with Crippen molar-refractivity contribution in [2.45, 2.75) is 42.8 Å². The van der Waals surface area contributed by atoms with Crippen molar-refractivity contribution in [2.75, 3.05) is 32.9 Å². The fraction of sp³-hybridized carbons (Fsp3) is 0.462. The number of aromatic amines is 2. The van der Waals surface area contributed by atoms with E-state index in [1.54, 1.807) is 0 Å². The van der Waals surface area contributed by atoms with E-state index in [4.69, 9.17) is 4.74 Å². The number of ether oxygens (including phenoxy) is 1. The third-order valence-corrected chi connectivity index (χ3v) is 7.22. The number of halogens is 6. The molecule has 1 saturated heterocycles. The molecule has 0 saturated carbocycles. The number of likely N-dealkylation sites (tertiary alicyclic amines) is 1. The highest BCUT2D eigenvalue weighted by Gasteiger charge is 2.42. The van der Waals surface area contributed by atoms with Crippen molar-refractivity contribution in [3.8, 4) is 0 Å². The van der Waals surface area contributed by atoms with Gasteiger partial charge in [-0.2, -0.15) is 31.4 Å². The molecule has 1 aliphatic rings. The third kappa shape index (κ3) is 6.57. The second kappa shape index (κ2) is 11.7. The lowest BCUT2D eigenvalue weighted by Crippen LogP contribution is -2.44. The van der Waals surface area contributed by atoms with Gasteiger partial charge in [0.1, 0.15) is 5.60 Å². The van der Waals surface area contributed by atoms with Crippen LogP contribution in [0.1, 0.15) is 52.9 Å². The van der Waals surface area contributed by atoms with E-state index in [2.05, 4.69) is 15.2 Å². The molecule has 1 fully saturated rings. The molecule has 40 heavy (non-hydrogen) atoms. The molecule has 0 aliphatic carbocycles. The van der Waals surface area contributed by atoms with Crippen molar-refractivity contribution in [3.63, 3.8) is 0 Å². The van der Waals surface area contributed by atoms with Gasteiger partial charge in [0.2, 0.25) is 0 Å². The Labute approximate surface area is 224 Å². The second-order valence-corrected chi connectivity index (χ2v) is 9.72. The summed E-state index contributed by atoms with van der Waals surface area (Å²) in [4.78, 5) is 16.2. The number of benzene rings is 2. The zero-order chi connectivity index (χ0) is 29.1. The SMILES string of the molecule is O=c1[nH]nc(C(COC(CO)(CO)c2cc(C(F)(F)F)cc(C(F)(F)F)c2)N2CCC(c3ccccc3)CC2)[nH]1. The zero-order valence-corrected chi connectivity index (χ0v) is 21.1. The topological polar surface area (TPSA) is 114 Å². The first-order chi connectivity index (χ1) is 18.9. The van der Waals surface area contributed by atoms with Crippen LogP contribution >= 0.6 is 0 Å². The van der Waals surface area contributed by atoms with Crippen LogP contribution in [0.5, 0.6) is 0 Å². The standard InChI is InChI=1S/C26H28F6N4O4/c27-25(28,29)19-10-18(11-20(12-19)26(30,31)32)24(14-37,15-38)40-13-21(22-33-23(39)35-34-22)36-8-6-17(7-9-36)16-4-2-1-3-5-16/h1-5,10-12,17,21,37-38H,6-9,13-15H2,(H2,33,34,35,39). The number of hydrogen-bond acceptors (Lipinski definition) is 6. The van der Waals surface area contributed by atoms with E-state index in [-0.39, 0.29) is 17.8 Å². The summed E-state index contributed by atoms with van der Waals surface area (Å²) in [6, 6.07) is 9.83. The van der Waals surface area contributed by atoms with Crippen molar-refractivity contribution in [1.82, 2.24) is 20.1 Å². The third-order valence-electron chi connectivity index (χ3n) is 7.22. The van der Waals surface area contributed by atoms with Gasteiger partial charge < -0.3 is 14.9 Å². The summed E-state index contributed by atoms with van der Waals surface area (Å²) >= 11 is 0. The normalized spacial score (nSPS) is 16.8. The van der Waals surface area contributed by atoms with E-state index in [1.165, 1.54) is 0 Å². The maximum atomic E-state index is 13.5. The van der Waals surface area contributed by atoms with Crippen molar-refractivity contribution in [1.29, 1.82) is 0 Å². The number of aromatic nitrogens is 3. The molecule has 0 amide bonds. The van der Waals surface area contributed by atoms with E-state index in [9.17, 15) is 41.4 Å². The van der Waals surface area contributed by atoms with Crippen molar-refractivity contribution in [2.24, 2.45) is 0 Å². The number of piperidine rings is 1. The molecule has 4 N–H and O–H groups in total. The van der Waals surface area contributed by atoms with Gasteiger partial charge in [0.05, 0.1) is 37.0 Å². The molecule has 1 aromatic heterocycles. The van der Waals surface area contributed by atoms with Crippen LogP contribution < -0.4 is 5.69 Å². The summed E-state index contributed by atoms with van der Waals surface area (Å²) in [5, 5.41) is 26.5. The molecule has 1 unspecified atom stereocenters. The molecule has 0 spiro atoms. The van der Waals surface area contributed by atoms with E-state index in [0.717, 1.165) is 18.4 Å². The predicted molar refractivity (Wildman–Crippen MR) is 130 cm³/mol. The molecule has 8 nitrogen and oxygen atoms in total. The highest BCUT2D eigenvalue weighted by Crippen LogP contribution is 2.40. The average Bonchev–Trinajstić information content (AvgIpc) is 3.36. The summed E-state index contributed by atoms with van der Waals surface area (Å²) < 4.78 is 86.7. The monoisotopic (exact) mass is 574 g/mol. The molecule has 3 aromatic rings. The van der Waals surface area contributed by atoms with Crippen LogP contribution in [0.15, 0.2) is 53.3 Å². The van der Waals surface area contributed by atoms with Gasteiger partial charge in [0, 0.05) is 0 Å². The molecule has 1 atom stereocenters. The fourth-order valence-electron chi connectivity index (χ4n) is 4.93. The minimum Gasteiger partial charge on any atom is -0.393 e. The Morgan fingerprint density at radius 3 is 1.95 bits per heavy atom. The van der Waals surface area contributed by atoms with Crippen molar-refractivity contribution >= 4 is 0 Å². The lowest BCUT2D eigenvalue weighted by Gasteiger charge is -2.39. The first-order valence-electron chi connectivity index (χ1n) is 12.5. The van der Waals surface area contributed by atoms with Gasteiger partial charge in [-0.25, -0.2) is 9.89 Å². The maximum Gasteiger partial charge on any atom is 0.416 e. The molecule has 2 heterocycles. The Kier molecular flexibility index (Phi) is 8.73. The van der Waals surface area contributed by atoms with Crippen molar-refractivity contribution in [3.05, 3.63) is 87.1 Å². The van der Waals surface area contributed by atoms with Gasteiger partial charge in [-0.05, 0) is 61.2 Å². The van der Waals surface area contributed by atoms with E-state index < -0.39 is 66.2 Å². The Morgan fingerprint density at radius 2 is 1.48 bits per heavy atom. The molecule has 0 radical (unpaired) electrons. The number of nitrogens with one attached hydrogen (secondary N) is 2. The Morgan fingerprint density at radius 1 is 0.925 bits per heavy atom. The zero-order valence-electron chi connectivity index (χ0n) is 21.1. The molecular formula is C26H28F6N4O4. The van der Waals surface area contributed by atoms with Crippen LogP contribution in [0.2, 0.25) is 0 Å². The predicted octanol–water partition coefficient (Wildman–Crippen LogP) is 3.95. The van der Waals surface area contributed by atoms with Gasteiger partial charge in [-0.3, -0.25) is 9.88 Å². The van der Waals surface area contributed by atoms with Gasteiger partial charge in [-0.1, -0.05) is 30.3 Å². The van der Waals surface area contributed by atoms with E-state index in [1.807, 2.05) is 35.2 Å². The molecule has 1 aliphatic heterocycles. The largest absolute Gasteiger partial charge is 0.416 e. The molecule has 0 bridgehead atoms. The smallest absolute Gasteiger partial charge is 0.393 e. The number of nitrogens with zero attached hydrogens (tertiary/aromatic N) is 2. The van der Waals surface area contributed by atoms with Gasteiger partial charge in [0.15, 0.2) is 5.82 Å². The van der Waals surface area contributed by atoms with Gasteiger partial charge in [-0.15, -0.1) is 0 Å². The van der Waals surface area contributed by atoms with Crippen LogP contribution in [-0.2, 0) is 22.7 Å². The van der Waals surface area contributed by atoms with Crippen LogP contribution in [0.4, 0.5) is 26.3 Å². The number of hydrogen-bond donors (Lipinski definition) is 4. The summed E-state index contributed by atoms with van der Waals surface area (Å²) in [7, 11) is 0. The van der Waals surface area contributed by atoms with Crippen LogP contribution in [0.3, 0.4) is 0 Å². The Hall–Kier alpha value is -3.20. The summed E-state index contributed by atoms with van der Waals surface area (Å²) in [6.07, 6.45) is -8.81. The minimum atomic E-state index is -5.13. The Bertz CT molecular complexity index is 1280. The maximum absolute atomic E-state index is 13.5. The molecule has 14 heteroatoms. The van der Waals surface area contributed by atoms with Crippen LogP contribution in [-0.4, -0.2) is 63.2 Å². The molecule has 2 aromatic carbocycles. The summed E-state index contributed by atoms with van der Waals surface area (Å²) in [6.45, 7) is -1.65. The van der Waals surface area contributed by atoms with Crippen LogP contribution in [0.25, 0.3) is 0 Å². The van der Waals surface area contributed by atoms with Gasteiger partial charge in [0.25, 0.3) is 0 Å². The first-order valence-corrected chi connectivity index (χ1v) is 12.5. The Balaban J connectivity index is 1.63. The quantitative estimate of drug-likeness (QED) is 0.288. The second-order valence-electron chi connectivity index (χ2n) is 9.72. The fourth-order valence-corrected chi connectivity index (χ4v) is 4.93. The number of aliphatic hydroxyl groups excluding tert-OH is 2. The number of alkyl halides is 6. The summed E-state index contributed by atoms with van der Waals surface area (Å²) in [5.74, 6) is 0.394. The van der Waals surface area contributed by atoms with E-state index in [0.29, 0.717) is 25.2 Å². The number of aliphatic hydroxyl groups is 2. The lowest BCUT2D eigenvalue weighted by molar-refractivity contribution is -0.146. The average molecular weight is 575 g/mol. The first kappa shape index (κ1) is 29.8. The number of H-pyrrole nitrogens is 2. The molecule has 218 valence electrons. The highest BCUT2D eigenvalue weighted by molar-refractivity contribution is 5.37.